The standard InChI is InChI=1S/C25H25FN6O2/c1-31-9-8-16(12-31)25(33)29-21-10-18-20(11-22(21)34-3)27-14-28-24(18)19-13-32(2)30-23(19)15-4-6-17(26)7-5-15/h4-7,10-11,13-14,16H,8-9,12H2,1-3H3,(H,29,33)/t16-/m1/s1. The zero-order chi connectivity index (χ0) is 23.8. The Kier molecular flexibility index (Phi) is 5.70. The molecule has 1 atom stereocenters. The zero-order valence-electron chi connectivity index (χ0n) is 19.2. The van der Waals surface area contributed by atoms with E-state index >= 15 is 0 Å². The summed E-state index contributed by atoms with van der Waals surface area (Å²) < 4.78 is 20.8. The van der Waals surface area contributed by atoms with Crippen LogP contribution in [-0.2, 0) is 11.8 Å². The summed E-state index contributed by atoms with van der Waals surface area (Å²) >= 11 is 0. The number of nitrogens with one attached hydrogen (secondary N) is 1. The van der Waals surface area contributed by atoms with Crippen LogP contribution in [0.1, 0.15) is 6.42 Å². The van der Waals surface area contributed by atoms with E-state index in [1.807, 2.05) is 26.4 Å². The summed E-state index contributed by atoms with van der Waals surface area (Å²) in [5.41, 5.74) is 4.14. The lowest BCUT2D eigenvalue weighted by Gasteiger charge is -2.15. The van der Waals surface area contributed by atoms with E-state index in [1.165, 1.54) is 18.5 Å². The first-order valence-electron chi connectivity index (χ1n) is 11.0. The predicted molar refractivity (Wildman–Crippen MR) is 128 cm³/mol. The Bertz CT molecular complexity index is 1370. The Morgan fingerprint density at radius 1 is 1.15 bits per heavy atom. The third-order valence-electron chi connectivity index (χ3n) is 6.18. The minimum Gasteiger partial charge on any atom is -0.494 e. The number of methoxy groups -OCH3 is 1. The second-order valence-electron chi connectivity index (χ2n) is 8.60. The van der Waals surface area contributed by atoms with E-state index in [-0.39, 0.29) is 17.6 Å². The number of halogens is 1. The number of rotatable bonds is 5. The van der Waals surface area contributed by atoms with Crippen LogP contribution in [0.3, 0.4) is 0 Å². The van der Waals surface area contributed by atoms with Gasteiger partial charge in [-0.25, -0.2) is 14.4 Å². The van der Waals surface area contributed by atoms with Crippen molar-refractivity contribution in [2.45, 2.75) is 6.42 Å². The van der Waals surface area contributed by atoms with Gasteiger partial charge in [-0.05, 0) is 50.3 Å². The molecule has 0 aliphatic carbocycles. The van der Waals surface area contributed by atoms with Crippen molar-refractivity contribution in [1.29, 1.82) is 0 Å². The van der Waals surface area contributed by atoms with Gasteiger partial charge in [0.1, 0.15) is 23.6 Å². The minimum absolute atomic E-state index is 0.0335. The highest BCUT2D eigenvalue weighted by molar-refractivity contribution is 6.02. The van der Waals surface area contributed by atoms with E-state index in [1.54, 1.807) is 30.0 Å². The fourth-order valence-corrected chi connectivity index (χ4v) is 4.43. The smallest absolute Gasteiger partial charge is 0.228 e. The lowest BCUT2D eigenvalue weighted by molar-refractivity contribution is -0.119. The van der Waals surface area contributed by atoms with Gasteiger partial charge in [-0.15, -0.1) is 0 Å². The Hall–Kier alpha value is -3.85. The van der Waals surface area contributed by atoms with Gasteiger partial charge in [-0.1, -0.05) is 0 Å². The van der Waals surface area contributed by atoms with Crippen LogP contribution in [-0.4, -0.2) is 57.8 Å². The fraction of sp³-hybridized carbons (Fsp3) is 0.280. The highest BCUT2D eigenvalue weighted by Gasteiger charge is 2.27. The monoisotopic (exact) mass is 460 g/mol. The molecule has 1 saturated heterocycles. The summed E-state index contributed by atoms with van der Waals surface area (Å²) in [6, 6.07) is 9.84. The average molecular weight is 461 g/mol. The third-order valence-corrected chi connectivity index (χ3v) is 6.18. The first-order chi connectivity index (χ1) is 16.4. The van der Waals surface area contributed by atoms with Crippen LogP contribution in [0.15, 0.2) is 48.9 Å². The summed E-state index contributed by atoms with van der Waals surface area (Å²) in [6.45, 7) is 1.63. The molecule has 1 aliphatic heterocycles. The van der Waals surface area contributed by atoms with Crippen molar-refractivity contribution < 1.29 is 13.9 Å². The molecule has 34 heavy (non-hydrogen) atoms. The molecule has 1 fully saturated rings. The molecule has 3 heterocycles. The van der Waals surface area contributed by atoms with Crippen molar-refractivity contribution in [2.75, 3.05) is 32.6 Å². The molecule has 2 aromatic carbocycles. The lowest BCUT2D eigenvalue weighted by Crippen LogP contribution is -2.25. The third kappa shape index (κ3) is 4.10. The predicted octanol–water partition coefficient (Wildman–Crippen LogP) is 3.74. The quantitative estimate of drug-likeness (QED) is 0.489. The molecule has 1 amide bonds. The number of carbonyl (C=O) groups excluding carboxylic acids is 1. The van der Waals surface area contributed by atoms with Crippen LogP contribution in [0.2, 0.25) is 0 Å². The molecule has 4 aromatic rings. The fourth-order valence-electron chi connectivity index (χ4n) is 4.43. The van der Waals surface area contributed by atoms with Crippen molar-refractivity contribution >= 4 is 22.5 Å². The number of nitrogens with zero attached hydrogens (tertiary/aromatic N) is 5. The normalized spacial score (nSPS) is 16.2. The molecule has 8 nitrogen and oxygen atoms in total. The van der Waals surface area contributed by atoms with Crippen LogP contribution in [0.4, 0.5) is 10.1 Å². The van der Waals surface area contributed by atoms with Gasteiger partial charge in [-0.2, -0.15) is 5.10 Å². The van der Waals surface area contributed by atoms with E-state index in [0.717, 1.165) is 36.0 Å². The number of fused-ring (bicyclic) bond motifs is 1. The molecule has 0 radical (unpaired) electrons. The maximum atomic E-state index is 13.5. The number of ether oxygens (including phenoxy) is 1. The number of amides is 1. The molecule has 1 N–H and O–H groups in total. The maximum absolute atomic E-state index is 13.5. The molecular formula is C25H25FN6O2. The molecule has 1 aliphatic rings. The van der Waals surface area contributed by atoms with E-state index < -0.39 is 0 Å². The summed E-state index contributed by atoms with van der Waals surface area (Å²) in [6.07, 6.45) is 4.19. The van der Waals surface area contributed by atoms with E-state index in [0.29, 0.717) is 28.3 Å². The molecule has 0 saturated carbocycles. The SMILES string of the molecule is COc1cc2ncnc(-c3cn(C)nc3-c3ccc(F)cc3)c2cc1NC(=O)[C@@H]1CCN(C)C1. The van der Waals surface area contributed by atoms with Gasteiger partial charge in [0.05, 0.1) is 29.9 Å². The Morgan fingerprint density at radius 3 is 2.65 bits per heavy atom. The lowest BCUT2D eigenvalue weighted by atomic mass is 10.0. The van der Waals surface area contributed by atoms with Gasteiger partial charge in [0.15, 0.2) is 0 Å². The van der Waals surface area contributed by atoms with Gasteiger partial charge in [0.25, 0.3) is 0 Å². The van der Waals surface area contributed by atoms with Gasteiger partial charge in [0, 0.05) is 42.4 Å². The van der Waals surface area contributed by atoms with Gasteiger partial charge < -0.3 is 15.0 Å². The molecule has 9 heteroatoms. The summed E-state index contributed by atoms with van der Waals surface area (Å²) in [5.74, 6) is 0.116. The molecule has 0 unspecified atom stereocenters. The van der Waals surface area contributed by atoms with E-state index in [9.17, 15) is 9.18 Å². The van der Waals surface area contributed by atoms with Gasteiger partial charge >= 0.3 is 0 Å². The Labute approximate surface area is 196 Å². The largest absolute Gasteiger partial charge is 0.494 e. The van der Waals surface area contributed by atoms with Crippen LogP contribution in [0.25, 0.3) is 33.4 Å². The topological polar surface area (TPSA) is 85.2 Å². The summed E-state index contributed by atoms with van der Waals surface area (Å²) in [7, 11) is 5.41. The van der Waals surface area contributed by atoms with E-state index in [2.05, 4.69) is 25.3 Å². The number of hydrogen-bond acceptors (Lipinski definition) is 6. The van der Waals surface area contributed by atoms with Crippen LogP contribution < -0.4 is 10.1 Å². The molecule has 5 rings (SSSR count). The zero-order valence-corrected chi connectivity index (χ0v) is 19.2. The van der Waals surface area contributed by atoms with Crippen molar-refractivity contribution in [3.05, 3.63) is 54.7 Å². The second-order valence-corrected chi connectivity index (χ2v) is 8.60. The summed E-state index contributed by atoms with van der Waals surface area (Å²) in [5, 5.41) is 8.38. The minimum atomic E-state index is -0.311. The highest BCUT2D eigenvalue weighted by Crippen LogP contribution is 2.37. The number of carbonyl (C=O) groups is 1. The number of aryl methyl sites for hydroxylation is 1. The van der Waals surface area contributed by atoms with Gasteiger partial charge in [0.2, 0.25) is 5.91 Å². The number of anilines is 1. The molecule has 174 valence electrons. The maximum Gasteiger partial charge on any atom is 0.228 e. The van der Waals surface area contributed by atoms with Gasteiger partial charge in [-0.3, -0.25) is 9.48 Å². The molecule has 0 spiro atoms. The first kappa shape index (κ1) is 22.0. The highest BCUT2D eigenvalue weighted by atomic mass is 19.1. The molecule has 0 bridgehead atoms. The van der Waals surface area contributed by atoms with Crippen molar-refractivity contribution in [1.82, 2.24) is 24.6 Å². The average Bonchev–Trinajstić information content (AvgIpc) is 3.44. The van der Waals surface area contributed by atoms with Crippen LogP contribution >= 0.6 is 0 Å². The van der Waals surface area contributed by atoms with Crippen molar-refractivity contribution in [2.24, 2.45) is 13.0 Å². The number of benzene rings is 2. The van der Waals surface area contributed by atoms with Crippen molar-refractivity contribution in [3.63, 3.8) is 0 Å². The van der Waals surface area contributed by atoms with Crippen molar-refractivity contribution in [3.8, 4) is 28.3 Å². The number of aromatic nitrogens is 4. The number of likely N-dealkylation sites (tertiary alicyclic amines) is 1. The Morgan fingerprint density at radius 2 is 1.94 bits per heavy atom. The number of hydrogen-bond donors (Lipinski definition) is 1. The first-order valence-corrected chi connectivity index (χ1v) is 11.0. The second kappa shape index (κ2) is 8.83. The van der Waals surface area contributed by atoms with E-state index in [4.69, 9.17) is 4.74 Å². The van der Waals surface area contributed by atoms with Crippen LogP contribution in [0.5, 0.6) is 5.75 Å². The summed E-state index contributed by atoms with van der Waals surface area (Å²) in [4.78, 5) is 24.0. The molecular weight excluding hydrogens is 435 g/mol. The Balaban J connectivity index is 1.60. The van der Waals surface area contributed by atoms with Crippen LogP contribution in [0, 0.1) is 11.7 Å². The molecule has 2 aromatic heterocycles.